The van der Waals surface area contributed by atoms with Crippen LogP contribution in [0.15, 0.2) is 95.9 Å². The molecule has 0 aliphatic heterocycles. The maximum atomic E-state index is 13.6. The van der Waals surface area contributed by atoms with Crippen LogP contribution in [0.2, 0.25) is 0 Å². The number of anilines is 1. The number of carbonyl (C=O) groups is 2. The lowest BCUT2D eigenvalue weighted by molar-refractivity contribution is -0.118. The van der Waals surface area contributed by atoms with Crippen molar-refractivity contribution in [2.75, 3.05) is 5.32 Å². The van der Waals surface area contributed by atoms with Crippen LogP contribution < -0.4 is 15.4 Å². The minimum atomic E-state index is -3.84. The zero-order valence-corrected chi connectivity index (χ0v) is 23.2. The molecule has 0 aliphatic rings. The smallest absolute Gasteiger partial charge is 0.251 e. The molecule has 0 aliphatic carbocycles. The van der Waals surface area contributed by atoms with E-state index < -0.39 is 33.4 Å². The van der Waals surface area contributed by atoms with Gasteiger partial charge < -0.3 is 10.6 Å². The van der Waals surface area contributed by atoms with Crippen LogP contribution in [0, 0.1) is 6.57 Å². The van der Waals surface area contributed by atoms with E-state index in [1.54, 1.807) is 75.4 Å². The van der Waals surface area contributed by atoms with Crippen molar-refractivity contribution in [1.82, 2.24) is 10.0 Å². The van der Waals surface area contributed by atoms with Crippen LogP contribution >= 0.6 is 0 Å². The summed E-state index contributed by atoms with van der Waals surface area (Å²) in [6.45, 7) is 12.4. The average Bonchev–Trinajstić information content (AvgIpc) is 2.91. The van der Waals surface area contributed by atoms with Gasteiger partial charge in [-0.1, -0.05) is 78.9 Å². The molecule has 0 spiro atoms. The molecule has 0 heterocycles. The van der Waals surface area contributed by atoms with E-state index in [1.807, 2.05) is 30.3 Å². The summed E-state index contributed by atoms with van der Waals surface area (Å²) in [5.41, 5.74) is 1.33. The van der Waals surface area contributed by atoms with Gasteiger partial charge in [-0.3, -0.25) is 9.59 Å². The summed E-state index contributed by atoms with van der Waals surface area (Å²) in [5.74, 6) is -0.907. The SMILES string of the molecule is [C-]#[N+]c1ccc(C(=O)NC(Cc2ccccc2)C(=O)Nc2cccc3c(S(=O)(=O)NC(C)(C)C)cccc23)cc1. The molecule has 0 saturated carbocycles. The molecule has 9 heteroatoms. The second-order valence-electron chi connectivity index (χ2n) is 10.4. The number of hydrogen-bond donors (Lipinski definition) is 3. The Kier molecular flexibility index (Phi) is 8.33. The number of rotatable bonds is 8. The average molecular weight is 555 g/mol. The Hall–Kier alpha value is -4.52. The molecule has 4 aromatic rings. The van der Waals surface area contributed by atoms with Gasteiger partial charge in [0.2, 0.25) is 15.9 Å². The van der Waals surface area contributed by atoms with Crippen LogP contribution in [0.5, 0.6) is 0 Å². The number of nitrogens with one attached hydrogen (secondary N) is 3. The van der Waals surface area contributed by atoms with Crippen molar-refractivity contribution in [2.45, 2.75) is 43.7 Å². The van der Waals surface area contributed by atoms with Crippen molar-refractivity contribution in [3.63, 3.8) is 0 Å². The Morgan fingerprint density at radius 3 is 2.15 bits per heavy atom. The van der Waals surface area contributed by atoms with E-state index in [2.05, 4.69) is 20.2 Å². The van der Waals surface area contributed by atoms with E-state index in [0.717, 1.165) is 5.56 Å². The first kappa shape index (κ1) is 28.5. The Morgan fingerprint density at radius 2 is 1.50 bits per heavy atom. The first-order valence-electron chi connectivity index (χ1n) is 12.7. The number of fused-ring (bicyclic) bond motifs is 1. The fourth-order valence-corrected chi connectivity index (χ4v) is 5.93. The molecule has 204 valence electrons. The summed E-state index contributed by atoms with van der Waals surface area (Å²) in [6.07, 6.45) is 0.235. The highest BCUT2D eigenvalue weighted by atomic mass is 32.2. The quantitative estimate of drug-likeness (QED) is 0.252. The third kappa shape index (κ3) is 6.91. The molecule has 40 heavy (non-hydrogen) atoms. The molecule has 4 rings (SSSR count). The molecule has 0 saturated heterocycles. The summed E-state index contributed by atoms with van der Waals surface area (Å²) in [6, 6.07) is 24.5. The lowest BCUT2D eigenvalue weighted by atomic mass is 10.0. The second-order valence-corrected chi connectivity index (χ2v) is 12.0. The maximum absolute atomic E-state index is 13.6. The minimum Gasteiger partial charge on any atom is -0.340 e. The predicted molar refractivity (Wildman–Crippen MR) is 157 cm³/mol. The number of amides is 2. The molecule has 2 amide bonds. The molecule has 8 nitrogen and oxygen atoms in total. The lowest BCUT2D eigenvalue weighted by Gasteiger charge is -2.22. The number of sulfonamides is 1. The number of nitrogens with zero attached hydrogens (tertiary/aromatic N) is 1. The number of carbonyl (C=O) groups excluding carboxylic acids is 2. The van der Waals surface area contributed by atoms with Gasteiger partial charge in [0.05, 0.1) is 11.5 Å². The highest BCUT2D eigenvalue weighted by molar-refractivity contribution is 7.89. The van der Waals surface area contributed by atoms with Crippen LogP contribution in [0.1, 0.15) is 36.7 Å². The van der Waals surface area contributed by atoms with Crippen LogP contribution in [0.3, 0.4) is 0 Å². The molecule has 0 radical (unpaired) electrons. The summed E-state index contributed by atoms with van der Waals surface area (Å²) in [4.78, 5) is 30.1. The zero-order valence-electron chi connectivity index (χ0n) is 22.4. The van der Waals surface area contributed by atoms with Crippen molar-refractivity contribution in [3.8, 4) is 0 Å². The van der Waals surface area contributed by atoms with Gasteiger partial charge in [-0.15, -0.1) is 0 Å². The van der Waals surface area contributed by atoms with E-state index >= 15 is 0 Å². The number of hydrogen-bond acceptors (Lipinski definition) is 4. The van der Waals surface area contributed by atoms with Crippen LogP contribution in [0.25, 0.3) is 15.6 Å². The van der Waals surface area contributed by atoms with Gasteiger partial charge in [-0.25, -0.2) is 18.0 Å². The standard InChI is InChI=1S/C31H30N4O4S/c1-31(2,3)35-40(38,39)28-15-9-12-24-25(28)13-8-14-26(24)33-30(37)27(20-21-10-6-5-7-11-21)34-29(36)22-16-18-23(32-4)19-17-22/h5-19,27,35H,20H2,1-3H3,(H,33,37)(H,34,36). The summed E-state index contributed by atoms with van der Waals surface area (Å²) < 4.78 is 29.0. The van der Waals surface area contributed by atoms with E-state index in [0.29, 0.717) is 27.7 Å². The largest absolute Gasteiger partial charge is 0.340 e. The van der Waals surface area contributed by atoms with Gasteiger partial charge in [0, 0.05) is 34.0 Å². The monoisotopic (exact) mass is 554 g/mol. The minimum absolute atomic E-state index is 0.105. The molecule has 1 atom stereocenters. The maximum Gasteiger partial charge on any atom is 0.251 e. The first-order chi connectivity index (χ1) is 19.0. The third-order valence-corrected chi connectivity index (χ3v) is 7.85. The predicted octanol–water partition coefficient (Wildman–Crippen LogP) is 5.45. The Labute approximate surface area is 234 Å². The first-order valence-corrected chi connectivity index (χ1v) is 14.1. The molecular weight excluding hydrogens is 524 g/mol. The zero-order chi connectivity index (χ0) is 28.9. The third-order valence-electron chi connectivity index (χ3n) is 6.03. The fourth-order valence-electron chi connectivity index (χ4n) is 4.29. The van der Waals surface area contributed by atoms with E-state index in [4.69, 9.17) is 6.57 Å². The lowest BCUT2D eigenvalue weighted by Crippen LogP contribution is -2.45. The summed E-state index contributed by atoms with van der Waals surface area (Å²) >= 11 is 0. The van der Waals surface area contributed by atoms with Gasteiger partial charge in [-0.05, 0) is 38.5 Å². The molecular formula is C31H30N4O4S. The van der Waals surface area contributed by atoms with Crippen molar-refractivity contribution in [3.05, 3.63) is 114 Å². The van der Waals surface area contributed by atoms with E-state index in [1.165, 1.54) is 6.07 Å². The molecule has 3 N–H and O–H groups in total. The summed E-state index contributed by atoms with van der Waals surface area (Å²) in [5, 5.41) is 6.72. The van der Waals surface area contributed by atoms with E-state index in [9.17, 15) is 18.0 Å². The van der Waals surface area contributed by atoms with Crippen molar-refractivity contribution >= 4 is 44.0 Å². The Morgan fingerprint density at radius 1 is 0.850 bits per heavy atom. The molecule has 1 unspecified atom stereocenters. The van der Waals surface area contributed by atoms with Crippen molar-refractivity contribution in [2.24, 2.45) is 0 Å². The van der Waals surface area contributed by atoms with Gasteiger partial charge >= 0.3 is 0 Å². The highest BCUT2D eigenvalue weighted by Gasteiger charge is 2.26. The van der Waals surface area contributed by atoms with Gasteiger partial charge in [0.1, 0.15) is 6.04 Å². The van der Waals surface area contributed by atoms with Gasteiger partial charge in [-0.2, -0.15) is 0 Å². The topological polar surface area (TPSA) is 109 Å². The van der Waals surface area contributed by atoms with E-state index in [-0.39, 0.29) is 11.3 Å². The normalized spacial score (nSPS) is 12.3. The Balaban J connectivity index is 1.65. The fraction of sp³-hybridized carbons (Fsp3) is 0.194. The second kappa shape index (κ2) is 11.7. The van der Waals surface area contributed by atoms with Gasteiger partial charge in [0.15, 0.2) is 5.69 Å². The van der Waals surface area contributed by atoms with Crippen LogP contribution in [-0.4, -0.2) is 31.8 Å². The summed E-state index contributed by atoms with van der Waals surface area (Å²) in [7, 11) is -3.84. The van der Waals surface area contributed by atoms with Crippen molar-refractivity contribution < 1.29 is 18.0 Å². The number of benzene rings is 4. The van der Waals surface area contributed by atoms with Crippen LogP contribution in [-0.2, 0) is 21.2 Å². The molecule has 4 aromatic carbocycles. The molecule has 0 fully saturated rings. The molecule has 0 bridgehead atoms. The Bertz CT molecular complexity index is 1690. The highest BCUT2D eigenvalue weighted by Crippen LogP contribution is 2.29. The molecule has 0 aromatic heterocycles. The van der Waals surface area contributed by atoms with Crippen LogP contribution in [0.4, 0.5) is 11.4 Å². The van der Waals surface area contributed by atoms with Crippen molar-refractivity contribution in [1.29, 1.82) is 0 Å². The van der Waals surface area contributed by atoms with Gasteiger partial charge in [0.25, 0.3) is 5.91 Å².